The molecule has 2 rings (SSSR count). The zero-order chi connectivity index (χ0) is 9.80. The number of nitrogens with zero attached hydrogens (tertiary/aromatic N) is 2. The summed E-state index contributed by atoms with van der Waals surface area (Å²) < 4.78 is 2.42. The molecule has 0 atom stereocenters. The van der Waals surface area contributed by atoms with Crippen molar-refractivity contribution in [2.24, 2.45) is 0 Å². The lowest BCUT2D eigenvalue weighted by molar-refractivity contribution is 0.345. The molecule has 1 saturated carbocycles. The molecule has 1 aliphatic rings. The van der Waals surface area contributed by atoms with Gasteiger partial charge in [0.2, 0.25) is 0 Å². The second-order valence-corrected chi connectivity index (χ2v) is 4.29. The molecular weight excluding hydrogens is 172 g/mol. The van der Waals surface area contributed by atoms with E-state index >= 15 is 0 Å². The third-order valence-electron chi connectivity index (χ3n) is 3.19. The Morgan fingerprint density at radius 2 is 2.14 bits per heavy atom. The van der Waals surface area contributed by atoms with Gasteiger partial charge in [-0.2, -0.15) is 0 Å². The van der Waals surface area contributed by atoms with Crippen molar-refractivity contribution in [1.29, 1.82) is 0 Å². The van der Waals surface area contributed by atoms with Gasteiger partial charge in [0.15, 0.2) is 0 Å². The lowest BCUT2D eigenvalue weighted by Gasteiger charge is -2.24. The Balaban J connectivity index is 2.09. The van der Waals surface area contributed by atoms with Crippen LogP contribution in [0.4, 0.5) is 0 Å². The molecule has 0 N–H and O–H groups in total. The fourth-order valence-corrected chi connectivity index (χ4v) is 2.45. The number of hydrogen-bond acceptors (Lipinski definition) is 1. The normalized spacial score (nSPS) is 18.6. The smallest absolute Gasteiger partial charge is 0.108 e. The van der Waals surface area contributed by atoms with Crippen LogP contribution < -0.4 is 0 Å². The highest BCUT2D eigenvalue weighted by atomic mass is 15.1. The molecule has 78 valence electrons. The molecule has 0 aromatic carbocycles. The van der Waals surface area contributed by atoms with E-state index in [9.17, 15) is 0 Å². The highest BCUT2D eigenvalue weighted by Gasteiger charge is 2.16. The first kappa shape index (κ1) is 9.75. The minimum atomic E-state index is 0.743. The second-order valence-electron chi connectivity index (χ2n) is 4.29. The maximum absolute atomic E-state index is 4.44. The number of rotatable bonds is 3. The van der Waals surface area contributed by atoms with E-state index in [-0.39, 0.29) is 0 Å². The van der Waals surface area contributed by atoms with E-state index in [4.69, 9.17) is 0 Å². The average molecular weight is 192 g/mol. The molecule has 0 aliphatic heterocycles. The van der Waals surface area contributed by atoms with Gasteiger partial charge in [0.05, 0.1) is 0 Å². The highest BCUT2D eigenvalue weighted by molar-refractivity contribution is 4.96. The fraction of sp³-hybridized carbons (Fsp3) is 0.750. The summed E-state index contributed by atoms with van der Waals surface area (Å²) in [5, 5.41) is 0. The minimum absolute atomic E-state index is 0.743. The monoisotopic (exact) mass is 192 g/mol. The summed E-state index contributed by atoms with van der Waals surface area (Å²) in [6.07, 6.45) is 13.4. The molecule has 1 aromatic rings. The molecule has 0 spiro atoms. The van der Waals surface area contributed by atoms with Crippen molar-refractivity contribution in [1.82, 2.24) is 9.55 Å². The number of hydrogen-bond donors (Lipinski definition) is 0. The second kappa shape index (κ2) is 4.63. The average Bonchev–Trinajstić information content (AvgIpc) is 2.68. The predicted molar refractivity (Wildman–Crippen MR) is 58.3 cm³/mol. The van der Waals surface area contributed by atoms with E-state index in [1.54, 1.807) is 0 Å². The Hall–Kier alpha value is -0.790. The van der Waals surface area contributed by atoms with Crippen LogP contribution >= 0.6 is 0 Å². The van der Waals surface area contributed by atoms with Crippen LogP contribution in [0.2, 0.25) is 0 Å². The van der Waals surface area contributed by atoms with Crippen LogP contribution in [0.25, 0.3) is 0 Å². The Labute approximate surface area is 86.3 Å². The van der Waals surface area contributed by atoms with Gasteiger partial charge in [-0.05, 0) is 19.3 Å². The first-order chi connectivity index (χ1) is 6.92. The van der Waals surface area contributed by atoms with E-state index in [2.05, 4.69) is 22.7 Å². The molecular formula is C12H20N2. The van der Waals surface area contributed by atoms with Crippen molar-refractivity contribution < 1.29 is 0 Å². The summed E-state index contributed by atoms with van der Waals surface area (Å²) >= 11 is 0. The minimum Gasteiger partial charge on any atom is -0.332 e. The van der Waals surface area contributed by atoms with E-state index < -0.39 is 0 Å². The highest BCUT2D eigenvalue weighted by Crippen LogP contribution is 2.28. The zero-order valence-corrected chi connectivity index (χ0v) is 9.08. The summed E-state index contributed by atoms with van der Waals surface area (Å²) in [6.45, 7) is 2.22. The van der Waals surface area contributed by atoms with Crippen LogP contribution in [0.15, 0.2) is 12.4 Å². The van der Waals surface area contributed by atoms with Gasteiger partial charge in [-0.1, -0.05) is 26.2 Å². The zero-order valence-electron chi connectivity index (χ0n) is 9.08. The van der Waals surface area contributed by atoms with Crippen LogP contribution in [0.1, 0.15) is 57.3 Å². The summed E-state index contributed by atoms with van der Waals surface area (Å²) in [5.41, 5.74) is 0. The molecule has 1 aromatic heterocycles. The quantitative estimate of drug-likeness (QED) is 0.718. The first-order valence-corrected chi connectivity index (χ1v) is 5.93. The largest absolute Gasteiger partial charge is 0.332 e. The van der Waals surface area contributed by atoms with Gasteiger partial charge in [0.25, 0.3) is 0 Å². The van der Waals surface area contributed by atoms with Crippen molar-refractivity contribution in [3.05, 3.63) is 18.2 Å². The van der Waals surface area contributed by atoms with Crippen molar-refractivity contribution in [2.75, 3.05) is 0 Å². The van der Waals surface area contributed by atoms with Gasteiger partial charge in [-0.25, -0.2) is 4.98 Å². The molecule has 0 bridgehead atoms. The van der Waals surface area contributed by atoms with E-state index in [1.165, 1.54) is 44.3 Å². The van der Waals surface area contributed by atoms with Gasteiger partial charge in [0, 0.05) is 24.9 Å². The van der Waals surface area contributed by atoms with Crippen LogP contribution in [-0.2, 0) is 6.42 Å². The molecule has 14 heavy (non-hydrogen) atoms. The Morgan fingerprint density at radius 1 is 1.36 bits per heavy atom. The Kier molecular flexibility index (Phi) is 3.22. The first-order valence-electron chi connectivity index (χ1n) is 5.93. The molecule has 1 aliphatic carbocycles. The molecule has 2 nitrogen and oxygen atoms in total. The van der Waals surface area contributed by atoms with Crippen molar-refractivity contribution in [3.63, 3.8) is 0 Å². The summed E-state index contributed by atoms with van der Waals surface area (Å²) in [5.74, 6) is 1.29. The molecule has 0 unspecified atom stereocenters. The van der Waals surface area contributed by atoms with Crippen molar-refractivity contribution in [2.45, 2.75) is 57.9 Å². The lowest BCUT2D eigenvalue weighted by atomic mass is 9.95. The van der Waals surface area contributed by atoms with Crippen LogP contribution in [0.3, 0.4) is 0 Å². The van der Waals surface area contributed by atoms with Gasteiger partial charge in [-0.15, -0.1) is 0 Å². The standard InChI is InChI=1S/C12H20N2/c1-2-6-12-13-9-10-14(12)11-7-4-3-5-8-11/h9-11H,2-8H2,1H3. The molecule has 0 radical (unpaired) electrons. The van der Waals surface area contributed by atoms with E-state index in [1.807, 2.05) is 6.20 Å². The third kappa shape index (κ3) is 1.99. The summed E-state index contributed by atoms with van der Waals surface area (Å²) in [7, 11) is 0. The van der Waals surface area contributed by atoms with Crippen LogP contribution in [0, 0.1) is 0 Å². The SMILES string of the molecule is CCCc1nccn1C1CCCCC1. The Bertz CT molecular complexity index is 272. The number of aromatic nitrogens is 2. The van der Waals surface area contributed by atoms with Crippen molar-refractivity contribution >= 4 is 0 Å². The molecule has 1 heterocycles. The van der Waals surface area contributed by atoms with Gasteiger partial charge >= 0.3 is 0 Å². The topological polar surface area (TPSA) is 17.8 Å². The predicted octanol–water partition coefficient (Wildman–Crippen LogP) is 3.34. The van der Waals surface area contributed by atoms with Crippen LogP contribution in [-0.4, -0.2) is 9.55 Å². The Morgan fingerprint density at radius 3 is 2.86 bits per heavy atom. The maximum Gasteiger partial charge on any atom is 0.108 e. The molecule has 1 fully saturated rings. The summed E-state index contributed by atoms with van der Waals surface area (Å²) in [6, 6.07) is 0.743. The maximum atomic E-state index is 4.44. The van der Waals surface area contributed by atoms with Gasteiger partial charge in [-0.3, -0.25) is 0 Å². The number of imidazole rings is 1. The van der Waals surface area contributed by atoms with E-state index in [0.29, 0.717) is 0 Å². The summed E-state index contributed by atoms with van der Waals surface area (Å²) in [4.78, 5) is 4.44. The van der Waals surface area contributed by atoms with Crippen molar-refractivity contribution in [3.8, 4) is 0 Å². The lowest BCUT2D eigenvalue weighted by Crippen LogP contribution is -2.14. The molecule has 2 heteroatoms. The number of aryl methyl sites for hydroxylation is 1. The fourth-order valence-electron chi connectivity index (χ4n) is 2.45. The van der Waals surface area contributed by atoms with Crippen LogP contribution in [0.5, 0.6) is 0 Å². The molecule has 0 amide bonds. The van der Waals surface area contributed by atoms with Gasteiger partial charge < -0.3 is 4.57 Å². The third-order valence-corrected chi connectivity index (χ3v) is 3.19. The van der Waals surface area contributed by atoms with Gasteiger partial charge in [0.1, 0.15) is 5.82 Å². The van der Waals surface area contributed by atoms with E-state index in [0.717, 1.165) is 12.5 Å². The molecule has 0 saturated heterocycles.